The number of hydrogen-bond acceptors (Lipinski definition) is 3. The van der Waals surface area contributed by atoms with Gasteiger partial charge in [-0.1, -0.05) is 65.3 Å². The Bertz CT molecular complexity index is 1080. The van der Waals surface area contributed by atoms with Crippen molar-refractivity contribution in [1.29, 1.82) is 0 Å². The molecule has 2 N–H and O–H groups in total. The molecule has 0 spiro atoms. The van der Waals surface area contributed by atoms with Gasteiger partial charge in [-0.2, -0.15) is 4.72 Å². The number of benzene rings is 3. The Kier molecular flexibility index (Phi) is 5.64. The molecule has 0 saturated heterocycles. The van der Waals surface area contributed by atoms with E-state index in [1.54, 1.807) is 19.1 Å². The van der Waals surface area contributed by atoms with E-state index in [0.29, 0.717) is 0 Å². The van der Waals surface area contributed by atoms with Crippen LogP contribution in [0, 0.1) is 0 Å². The summed E-state index contributed by atoms with van der Waals surface area (Å²) in [5.41, 5.74) is 0.777. The molecule has 3 aromatic carbocycles. The van der Waals surface area contributed by atoms with Gasteiger partial charge in [-0.05, 0) is 40.6 Å². The van der Waals surface area contributed by atoms with E-state index in [2.05, 4.69) is 20.7 Å². The smallest absolute Gasteiger partial charge is 0.322 e. The maximum atomic E-state index is 12.7. The number of nitrogens with one attached hydrogen (secondary N) is 1. The van der Waals surface area contributed by atoms with Gasteiger partial charge >= 0.3 is 5.97 Å². The first-order valence-corrected chi connectivity index (χ1v) is 10.6. The molecule has 0 heterocycles. The first-order valence-electron chi connectivity index (χ1n) is 8.28. The monoisotopic (exact) mass is 447 g/mol. The number of carbonyl (C=O) groups is 1. The highest BCUT2D eigenvalue weighted by Gasteiger charge is 2.31. The van der Waals surface area contributed by atoms with Crippen molar-refractivity contribution in [3.8, 4) is 0 Å². The molecule has 3 rings (SSSR count). The lowest BCUT2D eigenvalue weighted by Gasteiger charge is -2.23. The molecule has 0 amide bonds. The standard InChI is InChI=1S/C20H18BrNO4S/c1-13(17-8-4-6-14-5-2-3-7-18(14)17)19(20(23)24)22-27(25,26)16-11-9-15(21)10-12-16/h2-13,19,22H,1H3,(H,23,24). The third kappa shape index (κ3) is 4.21. The highest BCUT2D eigenvalue weighted by atomic mass is 79.9. The number of carboxylic acid groups (broad SMARTS) is 1. The molecule has 0 radical (unpaired) electrons. The second-order valence-corrected chi connectivity index (χ2v) is 8.88. The van der Waals surface area contributed by atoms with Crippen LogP contribution in [0.2, 0.25) is 0 Å². The highest BCUT2D eigenvalue weighted by molar-refractivity contribution is 9.10. The van der Waals surface area contributed by atoms with Crippen LogP contribution in [-0.2, 0) is 14.8 Å². The van der Waals surface area contributed by atoms with Crippen LogP contribution in [0.3, 0.4) is 0 Å². The molecule has 7 heteroatoms. The molecule has 0 aliphatic heterocycles. The second-order valence-electron chi connectivity index (χ2n) is 6.25. The maximum absolute atomic E-state index is 12.7. The zero-order valence-corrected chi connectivity index (χ0v) is 16.9. The first kappa shape index (κ1) is 19.5. The first-order chi connectivity index (χ1) is 12.8. The van der Waals surface area contributed by atoms with Gasteiger partial charge in [0.05, 0.1) is 4.90 Å². The molecule has 0 aromatic heterocycles. The fraction of sp³-hybridized carbons (Fsp3) is 0.150. The summed E-state index contributed by atoms with van der Waals surface area (Å²) in [5, 5.41) is 11.6. The highest BCUT2D eigenvalue weighted by Crippen LogP contribution is 2.28. The van der Waals surface area contributed by atoms with Crippen molar-refractivity contribution in [1.82, 2.24) is 4.72 Å². The minimum Gasteiger partial charge on any atom is -0.480 e. The van der Waals surface area contributed by atoms with Gasteiger partial charge in [-0.25, -0.2) is 8.42 Å². The third-order valence-electron chi connectivity index (χ3n) is 4.49. The third-order valence-corrected chi connectivity index (χ3v) is 6.47. The summed E-state index contributed by atoms with van der Waals surface area (Å²) < 4.78 is 28.4. The van der Waals surface area contributed by atoms with E-state index in [0.717, 1.165) is 20.8 Å². The molecule has 0 fully saturated rings. The average molecular weight is 448 g/mol. The van der Waals surface area contributed by atoms with E-state index in [9.17, 15) is 18.3 Å². The van der Waals surface area contributed by atoms with Crippen LogP contribution in [0.25, 0.3) is 10.8 Å². The van der Waals surface area contributed by atoms with Crippen LogP contribution in [0.15, 0.2) is 76.1 Å². The minimum atomic E-state index is -3.98. The van der Waals surface area contributed by atoms with Crippen LogP contribution >= 0.6 is 15.9 Å². The summed E-state index contributed by atoms with van der Waals surface area (Å²) in [4.78, 5) is 11.9. The van der Waals surface area contributed by atoms with Crippen LogP contribution in [-0.4, -0.2) is 25.5 Å². The molecular weight excluding hydrogens is 430 g/mol. The molecule has 27 heavy (non-hydrogen) atoms. The molecule has 140 valence electrons. The number of fused-ring (bicyclic) bond motifs is 1. The molecule has 2 unspecified atom stereocenters. The molecule has 0 aliphatic carbocycles. The fourth-order valence-electron chi connectivity index (χ4n) is 3.04. The lowest BCUT2D eigenvalue weighted by atomic mass is 9.90. The van der Waals surface area contributed by atoms with E-state index in [4.69, 9.17) is 0 Å². The van der Waals surface area contributed by atoms with Crippen molar-refractivity contribution < 1.29 is 18.3 Å². The lowest BCUT2D eigenvalue weighted by molar-refractivity contribution is -0.139. The molecule has 0 aliphatic rings. The van der Waals surface area contributed by atoms with Crippen molar-refractivity contribution >= 4 is 42.7 Å². The summed E-state index contributed by atoms with van der Waals surface area (Å²) in [6.45, 7) is 1.71. The summed E-state index contributed by atoms with van der Waals surface area (Å²) in [7, 11) is -3.98. The van der Waals surface area contributed by atoms with Crippen molar-refractivity contribution in [3.05, 3.63) is 76.8 Å². The summed E-state index contributed by atoms with van der Waals surface area (Å²) >= 11 is 3.25. The number of halogens is 1. The van der Waals surface area contributed by atoms with E-state index in [-0.39, 0.29) is 4.90 Å². The van der Waals surface area contributed by atoms with E-state index in [1.165, 1.54) is 12.1 Å². The van der Waals surface area contributed by atoms with Crippen LogP contribution in [0.1, 0.15) is 18.4 Å². The van der Waals surface area contributed by atoms with E-state index in [1.807, 2.05) is 42.5 Å². The Morgan fingerprint density at radius 2 is 1.63 bits per heavy atom. The lowest BCUT2D eigenvalue weighted by Crippen LogP contribution is -2.44. The van der Waals surface area contributed by atoms with Gasteiger partial charge < -0.3 is 5.11 Å². The molecule has 2 atom stereocenters. The Balaban J connectivity index is 1.98. The number of carboxylic acids is 1. The topological polar surface area (TPSA) is 83.5 Å². The number of hydrogen-bond donors (Lipinski definition) is 2. The predicted octanol–water partition coefficient (Wildman–Crippen LogP) is 4.14. The van der Waals surface area contributed by atoms with Crippen molar-refractivity contribution in [2.24, 2.45) is 0 Å². The van der Waals surface area contributed by atoms with Gasteiger partial charge in [0.2, 0.25) is 10.0 Å². The largest absolute Gasteiger partial charge is 0.480 e. The fourth-order valence-corrected chi connectivity index (χ4v) is 4.58. The van der Waals surface area contributed by atoms with Crippen LogP contribution in [0.4, 0.5) is 0 Å². The van der Waals surface area contributed by atoms with Gasteiger partial charge in [0.1, 0.15) is 6.04 Å². The predicted molar refractivity (Wildman–Crippen MR) is 108 cm³/mol. The van der Waals surface area contributed by atoms with E-state index < -0.39 is 28.0 Å². The summed E-state index contributed by atoms with van der Waals surface area (Å²) in [5.74, 6) is -1.80. The van der Waals surface area contributed by atoms with Gasteiger partial charge in [0, 0.05) is 10.4 Å². The molecular formula is C20H18BrNO4S. The van der Waals surface area contributed by atoms with Crippen molar-refractivity contribution in [2.75, 3.05) is 0 Å². The zero-order chi connectivity index (χ0) is 19.6. The summed E-state index contributed by atoms with van der Waals surface area (Å²) in [6, 6.07) is 18.0. The SMILES string of the molecule is CC(c1cccc2ccccc12)C(NS(=O)(=O)c1ccc(Br)cc1)C(=O)O. The minimum absolute atomic E-state index is 0.0158. The second kappa shape index (κ2) is 7.80. The number of rotatable bonds is 6. The summed E-state index contributed by atoms with van der Waals surface area (Å²) in [6.07, 6.45) is 0. The Morgan fingerprint density at radius 3 is 2.30 bits per heavy atom. The van der Waals surface area contributed by atoms with Crippen LogP contribution < -0.4 is 4.72 Å². The quantitative estimate of drug-likeness (QED) is 0.594. The van der Waals surface area contributed by atoms with Gasteiger partial charge in [-0.15, -0.1) is 0 Å². The Morgan fingerprint density at radius 1 is 1.00 bits per heavy atom. The van der Waals surface area contributed by atoms with Gasteiger partial charge in [-0.3, -0.25) is 4.79 Å². The maximum Gasteiger partial charge on any atom is 0.322 e. The molecule has 0 bridgehead atoms. The number of aliphatic carboxylic acids is 1. The molecule has 3 aromatic rings. The normalized spacial score (nSPS) is 14.0. The van der Waals surface area contributed by atoms with Crippen molar-refractivity contribution in [2.45, 2.75) is 23.8 Å². The number of sulfonamides is 1. The van der Waals surface area contributed by atoms with Gasteiger partial charge in [0.15, 0.2) is 0 Å². The Labute approximate surface area is 166 Å². The van der Waals surface area contributed by atoms with Gasteiger partial charge in [0.25, 0.3) is 0 Å². The molecule has 5 nitrogen and oxygen atoms in total. The average Bonchev–Trinajstić information content (AvgIpc) is 2.65. The van der Waals surface area contributed by atoms with Crippen LogP contribution in [0.5, 0.6) is 0 Å². The zero-order valence-electron chi connectivity index (χ0n) is 14.5. The molecule has 0 saturated carbocycles. The van der Waals surface area contributed by atoms with E-state index >= 15 is 0 Å². The van der Waals surface area contributed by atoms with Crippen molar-refractivity contribution in [3.63, 3.8) is 0 Å². The Hall–Kier alpha value is -2.22.